The summed E-state index contributed by atoms with van der Waals surface area (Å²) in [6, 6.07) is 7.58. The van der Waals surface area contributed by atoms with Gasteiger partial charge < -0.3 is 16.0 Å². The fourth-order valence-corrected chi connectivity index (χ4v) is 3.43. The van der Waals surface area contributed by atoms with Gasteiger partial charge in [-0.1, -0.05) is 12.1 Å². The van der Waals surface area contributed by atoms with Crippen molar-refractivity contribution in [3.63, 3.8) is 0 Å². The van der Waals surface area contributed by atoms with Gasteiger partial charge in [-0.05, 0) is 49.5 Å². The lowest BCUT2D eigenvalue weighted by Gasteiger charge is -2.44. The summed E-state index contributed by atoms with van der Waals surface area (Å²) < 4.78 is 0. The normalized spacial score (nSPS) is 25.5. The number of rotatable bonds is 3. The topological polar surface area (TPSA) is 75.4 Å². The van der Waals surface area contributed by atoms with Crippen molar-refractivity contribution in [1.82, 2.24) is 10.2 Å². The maximum Gasteiger partial charge on any atom is 0.248 e. The summed E-state index contributed by atoms with van der Waals surface area (Å²) in [7, 11) is 0. The largest absolute Gasteiger partial charge is 0.366 e. The fourth-order valence-electron chi connectivity index (χ4n) is 3.43. The minimum atomic E-state index is -0.422. The number of benzene rings is 1. The molecule has 21 heavy (non-hydrogen) atoms. The van der Waals surface area contributed by atoms with Crippen LogP contribution in [0, 0.1) is 5.92 Å². The van der Waals surface area contributed by atoms with Crippen LogP contribution in [0.5, 0.6) is 0 Å². The van der Waals surface area contributed by atoms with Crippen LogP contribution < -0.4 is 11.1 Å². The number of hydrogen-bond acceptors (Lipinski definition) is 3. The van der Waals surface area contributed by atoms with E-state index in [2.05, 4.69) is 5.32 Å². The molecule has 2 saturated heterocycles. The van der Waals surface area contributed by atoms with Gasteiger partial charge in [0.2, 0.25) is 11.8 Å². The molecule has 5 heteroatoms. The van der Waals surface area contributed by atoms with Gasteiger partial charge in [-0.2, -0.15) is 0 Å². The van der Waals surface area contributed by atoms with Crippen molar-refractivity contribution in [2.24, 2.45) is 11.7 Å². The van der Waals surface area contributed by atoms with Crippen LogP contribution in [0.25, 0.3) is 0 Å². The first-order valence-corrected chi connectivity index (χ1v) is 7.54. The van der Waals surface area contributed by atoms with Crippen LogP contribution in [0.15, 0.2) is 24.3 Å². The van der Waals surface area contributed by atoms with Crippen LogP contribution in [0.2, 0.25) is 0 Å². The number of hydrogen-bond donors (Lipinski definition) is 2. The summed E-state index contributed by atoms with van der Waals surface area (Å²) in [5.74, 6) is 0.396. The lowest BCUT2D eigenvalue weighted by atomic mass is 9.84. The molecule has 112 valence electrons. The molecule has 0 aromatic heterocycles. The number of nitrogens with zero attached hydrogens (tertiary/aromatic N) is 1. The van der Waals surface area contributed by atoms with Gasteiger partial charge in [0, 0.05) is 24.6 Å². The third-order valence-corrected chi connectivity index (χ3v) is 4.61. The van der Waals surface area contributed by atoms with Gasteiger partial charge in [0.05, 0.1) is 0 Å². The van der Waals surface area contributed by atoms with Gasteiger partial charge in [0.15, 0.2) is 0 Å². The summed E-state index contributed by atoms with van der Waals surface area (Å²) in [4.78, 5) is 25.4. The van der Waals surface area contributed by atoms with Crippen LogP contribution in [0.3, 0.4) is 0 Å². The first-order valence-electron chi connectivity index (χ1n) is 7.54. The van der Waals surface area contributed by atoms with Gasteiger partial charge in [0.1, 0.15) is 0 Å². The predicted octanol–water partition coefficient (Wildman–Crippen LogP) is 0.886. The number of nitrogens with one attached hydrogen (secondary N) is 1. The molecule has 3 N–H and O–H groups in total. The van der Waals surface area contributed by atoms with Crippen molar-refractivity contribution in [2.75, 3.05) is 13.1 Å². The van der Waals surface area contributed by atoms with E-state index in [-0.39, 0.29) is 5.91 Å². The molecule has 0 saturated carbocycles. The molecule has 0 bridgehead atoms. The SMILES string of the molecule is NC(=O)c1ccc(CN2C(=O)CCC3CNCCC32)cc1. The molecule has 2 aliphatic rings. The Morgan fingerprint density at radius 1 is 1.29 bits per heavy atom. The molecule has 0 aliphatic carbocycles. The Bertz CT molecular complexity index is 541. The van der Waals surface area contributed by atoms with E-state index in [9.17, 15) is 9.59 Å². The highest BCUT2D eigenvalue weighted by Gasteiger charge is 2.36. The standard InChI is InChI=1S/C16H21N3O2/c17-16(21)12-3-1-11(2-4-12)10-19-14-7-8-18-9-13(14)5-6-15(19)20/h1-4,13-14,18H,5-10H2,(H2,17,21). The van der Waals surface area contributed by atoms with Crippen LogP contribution in [-0.2, 0) is 11.3 Å². The minimum absolute atomic E-state index is 0.247. The van der Waals surface area contributed by atoms with Gasteiger partial charge in [-0.25, -0.2) is 0 Å². The van der Waals surface area contributed by atoms with E-state index in [4.69, 9.17) is 5.73 Å². The van der Waals surface area contributed by atoms with Gasteiger partial charge in [0.25, 0.3) is 0 Å². The lowest BCUT2D eigenvalue weighted by molar-refractivity contribution is -0.140. The Hall–Kier alpha value is -1.88. The number of carbonyl (C=O) groups is 2. The quantitative estimate of drug-likeness (QED) is 0.867. The van der Waals surface area contributed by atoms with E-state index < -0.39 is 5.91 Å². The van der Waals surface area contributed by atoms with Crippen molar-refractivity contribution in [1.29, 1.82) is 0 Å². The summed E-state index contributed by atoms with van der Waals surface area (Å²) in [6.45, 7) is 2.61. The molecule has 5 nitrogen and oxygen atoms in total. The molecule has 0 spiro atoms. The minimum Gasteiger partial charge on any atom is -0.366 e. The molecule has 2 unspecified atom stereocenters. The van der Waals surface area contributed by atoms with Crippen LogP contribution in [0.1, 0.15) is 35.2 Å². The maximum atomic E-state index is 12.3. The van der Waals surface area contributed by atoms with Crippen molar-refractivity contribution >= 4 is 11.8 Å². The summed E-state index contributed by atoms with van der Waals surface area (Å²) in [5.41, 5.74) is 6.80. The average molecular weight is 287 g/mol. The molecule has 2 heterocycles. The van der Waals surface area contributed by atoms with Crippen LogP contribution >= 0.6 is 0 Å². The van der Waals surface area contributed by atoms with Crippen molar-refractivity contribution in [3.05, 3.63) is 35.4 Å². The van der Waals surface area contributed by atoms with E-state index in [0.717, 1.165) is 31.5 Å². The Kier molecular flexibility index (Phi) is 3.92. The zero-order valence-electron chi connectivity index (χ0n) is 12.0. The zero-order chi connectivity index (χ0) is 14.8. The van der Waals surface area contributed by atoms with Crippen LogP contribution in [-0.4, -0.2) is 35.8 Å². The number of fused-ring (bicyclic) bond motifs is 1. The van der Waals surface area contributed by atoms with Crippen LogP contribution in [0.4, 0.5) is 0 Å². The van der Waals surface area contributed by atoms with E-state index in [1.54, 1.807) is 12.1 Å². The molecular formula is C16H21N3O2. The third kappa shape index (κ3) is 2.93. The number of nitrogens with two attached hydrogens (primary N) is 1. The summed E-state index contributed by atoms with van der Waals surface area (Å²) >= 11 is 0. The molecule has 2 fully saturated rings. The Morgan fingerprint density at radius 3 is 2.76 bits per heavy atom. The number of carbonyl (C=O) groups excluding carboxylic acids is 2. The van der Waals surface area contributed by atoms with Crippen molar-refractivity contribution in [3.8, 4) is 0 Å². The zero-order valence-corrected chi connectivity index (χ0v) is 12.0. The van der Waals surface area contributed by atoms with E-state index >= 15 is 0 Å². The predicted molar refractivity (Wildman–Crippen MR) is 79.5 cm³/mol. The smallest absolute Gasteiger partial charge is 0.248 e. The highest BCUT2D eigenvalue weighted by atomic mass is 16.2. The molecule has 3 rings (SSSR count). The van der Waals surface area contributed by atoms with E-state index in [1.165, 1.54) is 0 Å². The molecule has 2 atom stereocenters. The second-order valence-electron chi connectivity index (χ2n) is 5.94. The summed E-state index contributed by atoms with van der Waals surface area (Å²) in [6.07, 6.45) is 2.66. The highest BCUT2D eigenvalue weighted by molar-refractivity contribution is 5.92. The Balaban J connectivity index is 1.75. The fraction of sp³-hybridized carbons (Fsp3) is 0.500. The number of piperidine rings is 2. The highest BCUT2D eigenvalue weighted by Crippen LogP contribution is 2.29. The molecule has 2 aliphatic heterocycles. The average Bonchev–Trinajstić information content (AvgIpc) is 2.51. The molecule has 0 radical (unpaired) electrons. The Morgan fingerprint density at radius 2 is 2.05 bits per heavy atom. The second kappa shape index (κ2) is 5.85. The van der Waals surface area contributed by atoms with E-state index in [1.807, 2.05) is 17.0 Å². The number of primary amides is 1. The van der Waals surface area contributed by atoms with Gasteiger partial charge in [-0.3, -0.25) is 9.59 Å². The van der Waals surface area contributed by atoms with Crippen molar-refractivity contribution < 1.29 is 9.59 Å². The molecular weight excluding hydrogens is 266 g/mol. The monoisotopic (exact) mass is 287 g/mol. The first kappa shape index (κ1) is 14.1. The molecule has 1 aromatic carbocycles. The maximum absolute atomic E-state index is 12.3. The second-order valence-corrected chi connectivity index (χ2v) is 5.94. The molecule has 2 amide bonds. The Labute approximate surface area is 124 Å². The number of amides is 2. The third-order valence-electron chi connectivity index (χ3n) is 4.61. The van der Waals surface area contributed by atoms with Crippen molar-refractivity contribution in [2.45, 2.75) is 31.8 Å². The lowest BCUT2D eigenvalue weighted by Crippen LogP contribution is -2.54. The van der Waals surface area contributed by atoms with E-state index in [0.29, 0.717) is 30.5 Å². The molecule has 1 aromatic rings. The first-order chi connectivity index (χ1) is 10.1. The number of likely N-dealkylation sites (tertiary alicyclic amines) is 1. The summed E-state index contributed by atoms with van der Waals surface area (Å²) in [5, 5.41) is 3.41. The van der Waals surface area contributed by atoms with Gasteiger partial charge in [-0.15, -0.1) is 0 Å². The van der Waals surface area contributed by atoms with Gasteiger partial charge >= 0.3 is 0 Å².